The molecular weight excluding hydrogens is 779 g/mol. The molecular formula is C60H41N3O. The van der Waals surface area contributed by atoms with Crippen molar-refractivity contribution in [2.24, 2.45) is 0 Å². The zero-order valence-electron chi connectivity index (χ0n) is 34.9. The lowest BCUT2D eigenvalue weighted by molar-refractivity contribution is 0.666. The minimum atomic E-state index is 0.729. The summed E-state index contributed by atoms with van der Waals surface area (Å²) in [4.78, 5) is 0. The van der Waals surface area contributed by atoms with Crippen LogP contribution in [0, 0.1) is 0 Å². The number of para-hydroxylation sites is 4. The van der Waals surface area contributed by atoms with E-state index in [1.807, 2.05) is 30.4 Å². The highest BCUT2D eigenvalue weighted by Gasteiger charge is 2.20. The third-order valence-electron chi connectivity index (χ3n) is 12.7. The average molecular weight is 820 g/mol. The quantitative estimate of drug-likeness (QED) is 0.123. The number of nitrogens with two attached hydrogens (primary N) is 1. The minimum absolute atomic E-state index is 0.729. The van der Waals surface area contributed by atoms with Crippen LogP contribution in [0.2, 0.25) is 0 Å². The number of aromatic nitrogens is 2. The lowest BCUT2D eigenvalue weighted by Gasteiger charge is -2.13. The van der Waals surface area contributed by atoms with E-state index in [0.29, 0.717) is 0 Å². The van der Waals surface area contributed by atoms with Gasteiger partial charge < -0.3 is 19.3 Å². The molecule has 0 saturated carbocycles. The van der Waals surface area contributed by atoms with Gasteiger partial charge in [-0.25, -0.2) is 0 Å². The standard InChI is InChI=1S/C60H41N3O/c1-2-3-4-6-16-39-17-9-10-20-45(39)52-35-40(30-34-53(52)61)41-27-32-48-49-33-29-43(42-28-31-47-46-21-11-13-24-54(46)62(56(47)36-42)44-18-7-5-8-19-44)38-58(49)63(57(48)37-41)55-25-15-23-51-50-22-12-14-26-59(50)64-60(51)55/h2-38H,1,61H2/b4-3-,16-6-. The molecule has 0 fully saturated rings. The van der Waals surface area contributed by atoms with E-state index in [4.69, 9.17) is 10.2 Å². The molecule has 0 radical (unpaired) electrons. The third kappa shape index (κ3) is 5.99. The summed E-state index contributed by atoms with van der Waals surface area (Å²) in [7, 11) is 0. The molecule has 0 spiro atoms. The van der Waals surface area contributed by atoms with Crippen LogP contribution in [-0.4, -0.2) is 9.13 Å². The largest absolute Gasteiger partial charge is 0.454 e. The van der Waals surface area contributed by atoms with Crippen molar-refractivity contribution in [3.63, 3.8) is 0 Å². The Kier molecular flexibility index (Phi) is 8.77. The van der Waals surface area contributed by atoms with Crippen molar-refractivity contribution < 1.29 is 4.42 Å². The number of rotatable bonds is 8. The Labute approximate surface area is 370 Å². The Bertz CT molecular complexity index is 3870. The van der Waals surface area contributed by atoms with Gasteiger partial charge in [-0.05, 0) is 94.0 Å². The molecule has 9 aromatic carbocycles. The molecule has 4 heteroatoms. The maximum Gasteiger partial charge on any atom is 0.159 e. The number of nitrogen functional groups attached to an aromatic ring is 1. The molecule has 0 aliphatic heterocycles. The zero-order valence-corrected chi connectivity index (χ0v) is 34.9. The van der Waals surface area contributed by atoms with E-state index in [1.165, 1.54) is 27.2 Å². The molecule has 0 unspecified atom stereocenters. The highest BCUT2D eigenvalue weighted by molar-refractivity contribution is 6.15. The van der Waals surface area contributed by atoms with Crippen molar-refractivity contribution >= 4 is 77.3 Å². The molecule has 64 heavy (non-hydrogen) atoms. The number of furan rings is 1. The molecule has 12 aromatic rings. The lowest BCUT2D eigenvalue weighted by Crippen LogP contribution is -1.96. The Morgan fingerprint density at radius 1 is 0.422 bits per heavy atom. The molecule has 0 aliphatic carbocycles. The van der Waals surface area contributed by atoms with Crippen molar-refractivity contribution in [2.45, 2.75) is 0 Å². The van der Waals surface area contributed by atoms with E-state index in [-0.39, 0.29) is 0 Å². The number of benzene rings is 9. The summed E-state index contributed by atoms with van der Waals surface area (Å²) in [6, 6.07) is 69.5. The number of allylic oxidation sites excluding steroid dienone is 4. The van der Waals surface area contributed by atoms with Crippen molar-refractivity contribution in [3.8, 4) is 44.8 Å². The Hall–Kier alpha value is -8.60. The van der Waals surface area contributed by atoms with Crippen LogP contribution in [0.1, 0.15) is 5.56 Å². The van der Waals surface area contributed by atoms with E-state index >= 15 is 0 Å². The van der Waals surface area contributed by atoms with E-state index in [0.717, 1.165) is 94.4 Å². The van der Waals surface area contributed by atoms with Crippen molar-refractivity contribution in [3.05, 3.63) is 231 Å². The van der Waals surface area contributed by atoms with Crippen LogP contribution in [-0.2, 0) is 0 Å². The van der Waals surface area contributed by atoms with Crippen LogP contribution in [0.5, 0.6) is 0 Å². The van der Waals surface area contributed by atoms with Crippen LogP contribution in [0.25, 0.3) is 116 Å². The molecule has 0 atom stereocenters. The van der Waals surface area contributed by atoms with Crippen molar-refractivity contribution in [2.75, 3.05) is 5.73 Å². The SMILES string of the molecule is C=C/C=C\C=C/c1ccccc1-c1cc(-c2ccc3c4ccc(-c5ccc6c7ccccc7n(-c7ccccc7)c6c5)cc4n(-c4cccc5c4oc4ccccc45)c3c2)ccc1N. The Balaban J connectivity index is 1.07. The zero-order chi connectivity index (χ0) is 42.7. The van der Waals surface area contributed by atoms with Crippen LogP contribution >= 0.6 is 0 Å². The fourth-order valence-electron chi connectivity index (χ4n) is 9.71. The number of nitrogens with zero attached hydrogens (tertiary/aromatic N) is 2. The summed E-state index contributed by atoms with van der Waals surface area (Å²) >= 11 is 0. The van der Waals surface area contributed by atoms with E-state index < -0.39 is 0 Å². The summed E-state index contributed by atoms with van der Waals surface area (Å²) < 4.78 is 11.5. The predicted octanol–water partition coefficient (Wildman–Crippen LogP) is 16.1. The van der Waals surface area contributed by atoms with E-state index in [9.17, 15) is 0 Å². The van der Waals surface area contributed by atoms with Gasteiger partial charge in [-0.2, -0.15) is 0 Å². The van der Waals surface area contributed by atoms with Gasteiger partial charge in [-0.3, -0.25) is 0 Å². The number of hydrogen-bond acceptors (Lipinski definition) is 2. The number of anilines is 1. The van der Waals surface area contributed by atoms with Crippen LogP contribution in [0.3, 0.4) is 0 Å². The molecule has 0 bridgehead atoms. The summed E-state index contributed by atoms with van der Waals surface area (Å²) in [5.74, 6) is 0. The van der Waals surface area contributed by atoms with Gasteiger partial charge in [0.15, 0.2) is 5.58 Å². The first-order chi connectivity index (χ1) is 31.6. The molecule has 3 aromatic heterocycles. The van der Waals surface area contributed by atoms with E-state index in [1.54, 1.807) is 6.08 Å². The van der Waals surface area contributed by atoms with E-state index in [2.05, 4.69) is 204 Å². The maximum absolute atomic E-state index is 6.75. The normalized spacial score (nSPS) is 12.1. The van der Waals surface area contributed by atoms with Gasteiger partial charge in [0, 0.05) is 49.3 Å². The van der Waals surface area contributed by atoms with Crippen LogP contribution < -0.4 is 5.73 Å². The molecule has 2 N–H and O–H groups in total. The molecule has 3 heterocycles. The second-order valence-corrected chi connectivity index (χ2v) is 16.3. The maximum atomic E-state index is 6.75. The second-order valence-electron chi connectivity index (χ2n) is 16.3. The smallest absolute Gasteiger partial charge is 0.159 e. The molecule has 0 amide bonds. The summed E-state index contributed by atoms with van der Waals surface area (Å²) in [5, 5.41) is 6.99. The molecule has 12 rings (SSSR count). The first kappa shape index (κ1) is 37.2. The summed E-state index contributed by atoms with van der Waals surface area (Å²) in [5.41, 5.74) is 23.5. The lowest BCUT2D eigenvalue weighted by atomic mass is 9.94. The van der Waals surface area contributed by atoms with Gasteiger partial charge >= 0.3 is 0 Å². The fraction of sp³-hybridized carbons (Fsp3) is 0. The highest BCUT2D eigenvalue weighted by atomic mass is 16.3. The first-order valence-electron chi connectivity index (χ1n) is 21.7. The highest BCUT2D eigenvalue weighted by Crippen LogP contribution is 2.42. The minimum Gasteiger partial charge on any atom is -0.454 e. The average Bonchev–Trinajstić information content (AvgIpc) is 4.00. The van der Waals surface area contributed by atoms with Gasteiger partial charge in [0.05, 0.1) is 27.8 Å². The van der Waals surface area contributed by atoms with Crippen LogP contribution in [0.15, 0.2) is 229 Å². The summed E-state index contributed by atoms with van der Waals surface area (Å²) in [6.45, 7) is 3.80. The third-order valence-corrected chi connectivity index (χ3v) is 12.7. The predicted molar refractivity (Wildman–Crippen MR) is 271 cm³/mol. The van der Waals surface area contributed by atoms with Gasteiger partial charge in [0.2, 0.25) is 0 Å². The first-order valence-corrected chi connectivity index (χ1v) is 21.7. The number of hydrogen-bond donors (Lipinski definition) is 1. The van der Waals surface area contributed by atoms with Gasteiger partial charge in [-0.15, -0.1) is 0 Å². The molecule has 0 saturated heterocycles. The number of fused-ring (bicyclic) bond motifs is 9. The van der Waals surface area contributed by atoms with Crippen molar-refractivity contribution in [1.29, 1.82) is 0 Å². The second kappa shape index (κ2) is 15.1. The Morgan fingerprint density at radius 3 is 1.73 bits per heavy atom. The topological polar surface area (TPSA) is 49.0 Å². The van der Waals surface area contributed by atoms with Crippen LogP contribution in [0.4, 0.5) is 5.69 Å². The van der Waals surface area contributed by atoms with Gasteiger partial charge in [0.25, 0.3) is 0 Å². The monoisotopic (exact) mass is 819 g/mol. The Morgan fingerprint density at radius 2 is 1.00 bits per heavy atom. The molecule has 302 valence electrons. The summed E-state index contributed by atoms with van der Waals surface area (Å²) in [6.07, 6.45) is 9.82. The molecule has 4 nitrogen and oxygen atoms in total. The van der Waals surface area contributed by atoms with Gasteiger partial charge in [0.1, 0.15) is 5.58 Å². The van der Waals surface area contributed by atoms with Gasteiger partial charge in [-0.1, -0.05) is 170 Å². The fourth-order valence-corrected chi connectivity index (χ4v) is 9.71. The van der Waals surface area contributed by atoms with Crippen molar-refractivity contribution in [1.82, 2.24) is 9.13 Å². The molecule has 0 aliphatic rings.